The molecule has 2 aliphatic rings. The SMILES string of the molecule is Cc1cnc(Nc2ccc(N3CCC(N4CCN(C)CC4)CC3)cc2OC(F)F)nc1Nc1ccsc1C(N)=O. The summed E-state index contributed by atoms with van der Waals surface area (Å²) in [5, 5.41) is 7.87. The number of nitrogens with two attached hydrogens (primary N) is 1. The third-order valence-corrected chi connectivity index (χ3v) is 8.35. The largest absolute Gasteiger partial charge is 0.433 e. The second kappa shape index (κ2) is 12.3. The number of nitrogens with one attached hydrogen (secondary N) is 2. The number of halogens is 2. The van der Waals surface area contributed by atoms with Gasteiger partial charge < -0.3 is 30.9 Å². The van der Waals surface area contributed by atoms with Crippen molar-refractivity contribution in [2.75, 3.05) is 61.8 Å². The first-order chi connectivity index (χ1) is 19.3. The van der Waals surface area contributed by atoms with Crippen molar-refractivity contribution in [1.29, 1.82) is 0 Å². The van der Waals surface area contributed by atoms with Crippen molar-refractivity contribution in [3.05, 3.63) is 46.3 Å². The van der Waals surface area contributed by atoms with E-state index in [9.17, 15) is 13.6 Å². The van der Waals surface area contributed by atoms with E-state index in [0.717, 1.165) is 63.4 Å². The molecule has 2 saturated heterocycles. The normalized spacial score (nSPS) is 17.3. The van der Waals surface area contributed by atoms with Gasteiger partial charge in [-0.05, 0) is 50.4 Å². The number of primary amides is 1. The number of piperazine rings is 1. The first kappa shape index (κ1) is 28.0. The van der Waals surface area contributed by atoms with Gasteiger partial charge in [-0.2, -0.15) is 13.8 Å². The maximum absolute atomic E-state index is 13.4. The lowest BCUT2D eigenvalue weighted by Crippen LogP contribution is -2.52. The van der Waals surface area contributed by atoms with Crippen molar-refractivity contribution in [2.24, 2.45) is 5.73 Å². The third kappa shape index (κ3) is 6.60. The van der Waals surface area contributed by atoms with Crippen LogP contribution < -0.4 is 26.0 Å². The molecule has 2 aromatic heterocycles. The van der Waals surface area contributed by atoms with Gasteiger partial charge in [0, 0.05) is 68.8 Å². The lowest BCUT2D eigenvalue weighted by Gasteiger charge is -2.42. The van der Waals surface area contributed by atoms with Crippen LogP contribution in [0.4, 0.5) is 37.6 Å². The number of aromatic nitrogens is 2. The highest BCUT2D eigenvalue weighted by molar-refractivity contribution is 7.12. The first-order valence-corrected chi connectivity index (χ1v) is 14.2. The number of hydrogen-bond donors (Lipinski definition) is 3. The average molecular weight is 573 g/mol. The molecule has 2 fully saturated rings. The van der Waals surface area contributed by atoms with Gasteiger partial charge in [0.15, 0.2) is 5.75 Å². The fraction of sp³-hybridized carbons (Fsp3) is 0.444. The predicted octanol–water partition coefficient (Wildman–Crippen LogP) is 4.25. The molecule has 40 heavy (non-hydrogen) atoms. The van der Waals surface area contributed by atoms with Crippen LogP contribution in [0.1, 0.15) is 28.1 Å². The Bertz CT molecular complexity index is 1320. The molecule has 0 bridgehead atoms. The van der Waals surface area contributed by atoms with Gasteiger partial charge in [-0.3, -0.25) is 9.69 Å². The number of nitrogens with zero attached hydrogens (tertiary/aromatic N) is 5. The minimum absolute atomic E-state index is 0.0150. The number of hydrogen-bond acceptors (Lipinski definition) is 10. The minimum Gasteiger partial charge on any atom is -0.433 e. The molecule has 13 heteroatoms. The van der Waals surface area contributed by atoms with E-state index in [1.807, 2.05) is 13.0 Å². The maximum atomic E-state index is 13.4. The molecule has 1 aromatic carbocycles. The molecule has 1 amide bonds. The van der Waals surface area contributed by atoms with Gasteiger partial charge in [0.05, 0.1) is 11.4 Å². The quantitative estimate of drug-likeness (QED) is 0.347. The highest BCUT2D eigenvalue weighted by Crippen LogP contribution is 2.35. The summed E-state index contributed by atoms with van der Waals surface area (Å²) in [6.45, 7) is 4.89. The van der Waals surface area contributed by atoms with E-state index in [4.69, 9.17) is 10.5 Å². The fourth-order valence-corrected chi connectivity index (χ4v) is 5.86. The number of thiophene rings is 1. The van der Waals surface area contributed by atoms with Crippen molar-refractivity contribution in [1.82, 2.24) is 19.8 Å². The Kier molecular flexibility index (Phi) is 8.62. The Morgan fingerprint density at radius 2 is 1.85 bits per heavy atom. The Balaban J connectivity index is 1.29. The summed E-state index contributed by atoms with van der Waals surface area (Å²) < 4.78 is 31.7. The average Bonchev–Trinajstić information content (AvgIpc) is 3.40. The molecule has 0 saturated carbocycles. The van der Waals surface area contributed by atoms with Crippen molar-refractivity contribution >= 4 is 46.1 Å². The lowest BCUT2D eigenvalue weighted by atomic mass is 10.0. The molecule has 2 aliphatic heterocycles. The molecular weight excluding hydrogens is 538 g/mol. The number of piperidine rings is 1. The van der Waals surface area contributed by atoms with Gasteiger partial charge in [-0.1, -0.05) is 0 Å². The summed E-state index contributed by atoms with van der Waals surface area (Å²) >= 11 is 1.23. The molecule has 0 atom stereocenters. The number of alkyl halides is 2. The molecule has 0 aliphatic carbocycles. The van der Waals surface area contributed by atoms with Gasteiger partial charge in [0.1, 0.15) is 10.7 Å². The number of amides is 1. The minimum atomic E-state index is -2.99. The number of carbonyl (C=O) groups is 1. The van der Waals surface area contributed by atoms with Crippen LogP contribution >= 0.6 is 11.3 Å². The molecule has 4 N–H and O–H groups in total. The van der Waals surface area contributed by atoms with Gasteiger partial charge in [0.25, 0.3) is 5.91 Å². The summed E-state index contributed by atoms with van der Waals surface area (Å²) in [6.07, 6.45) is 3.66. The molecular formula is C27H34F2N8O2S. The summed E-state index contributed by atoms with van der Waals surface area (Å²) in [5.74, 6) is 0.111. The van der Waals surface area contributed by atoms with Crippen molar-refractivity contribution < 1.29 is 18.3 Å². The van der Waals surface area contributed by atoms with Crippen LogP contribution in [0.25, 0.3) is 0 Å². The van der Waals surface area contributed by atoms with Crippen LogP contribution in [0.5, 0.6) is 5.75 Å². The van der Waals surface area contributed by atoms with Crippen LogP contribution in [-0.4, -0.2) is 84.6 Å². The van der Waals surface area contributed by atoms with E-state index in [-0.39, 0.29) is 11.7 Å². The highest BCUT2D eigenvalue weighted by atomic mass is 32.1. The molecule has 0 radical (unpaired) electrons. The Morgan fingerprint density at radius 1 is 1.10 bits per heavy atom. The second-order valence-electron chi connectivity index (χ2n) is 10.1. The summed E-state index contributed by atoms with van der Waals surface area (Å²) in [4.78, 5) is 28.0. The topological polar surface area (TPSA) is 112 Å². The Labute approximate surface area is 236 Å². The Morgan fingerprint density at radius 3 is 2.55 bits per heavy atom. The molecule has 214 valence electrons. The van der Waals surface area contributed by atoms with Crippen LogP contribution in [0.2, 0.25) is 0 Å². The van der Waals surface area contributed by atoms with Gasteiger partial charge in [-0.25, -0.2) is 4.98 Å². The predicted molar refractivity (Wildman–Crippen MR) is 154 cm³/mol. The zero-order valence-corrected chi connectivity index (χ0v) is 23.4. The molecule has 4 heterocycles. The number of anilines is 5. The van der Waals surface area contributed by atoms with Crippen molar-refractivity contribution in [3.8, 4) is 5.75 Å². The molecule has 0 unspecified atom stereocenters. The van der Waals surface area contributed by atoms with Crippen molar-refractivity contribution in [3.63, 3.8) is 0 Å². The smallest absolute Gasteiger partial charge is 0.387 e. The highest BCUT2D eigenvalue weighted by Gasteiger charge is 2.27. The van der Waals surface area contributed by atoms with Gasteiger partial charge in [-0.15, -0.1) is 11.3 Å². The second-order valence-corrected chi connectivity index (χ2v) is 11.0. The number of aryl methyl sites for hydroxylation is 1. The summed E-state index contributed by atoms with van der Waals surface area (Å²) in [6, 6.07) is 7.54. The standard InChI is InChI=1S/C27H34F2N8O2S/c1-17-16-31-27(34-25(17)32-21-7-14-40-23(21)24(30)38)33-20-4-3-19(15-22(20)39-26(28)29)36-8-5-18(6-9-36)37-12-10-35(2)11-13-37/h3-4,7,14-16,18,26H,5-6,8-13H2,1-2H3,(H2,30,38)(H2,31,32,33,34). The molecule has 3 aromatic rings. The number of benzene rings is 1. The molecule has 10 nitrogen and oxygen atoms in total. The van der Waals surface area contributed by atoms with E-state index in [2.05, 4.69) is 42.3 Å². The number of ether oxygens (including phenoxy) is 1. The zero-order valence-electron chi connectivity index (χ0n) is 22.6. The van der Waals surface area contributed by atoms with Crippen molar-refractivity contribution in [2.45, 2.75) is 32.4 Å². The van der Waals surface area contributed by atoms with Crippen LogP contribution in [0, 0.1) is 6.92 Å². The molecule has 0 spiro atoms. The van der Waals surface area contributed by atoms with Crippen LogP contribution in [0.3, 0.4) is 0 Å². The Hall–Kier alpha value is -3.55. The first-order valence-electron chi connectivity index (χ1n) is 13.3. The summed E-state index contributed by atoms with van der Waals surface area (Å²) in [5.41, 5.74) is 7.87. The third-order valence-electron chi connectivity index (χ3n) is 7.43. The summed E-state index contributed by atoms with van der Waals surface area (Å²) in [7, 11) is 2.16. The van der Waals surface area contributed by atoms with E-state index in [1.165, 1.54) is 11.3 Å². The number of likely N-dealkylation sites (N-methyl/N-ethyl adjacent to an activating group) is 1. The number of rotatable bonds is 9. The number of carbonyl (C=O) groups excluding carboxylic acids is 1. The van der Waals surface area contributed by atoms with Gasteiger partial charge in [0.2, 0.25) is 5.95 Å². The van der Waals surface area contributed by atoms with E-state index < -0.39 is 12.5 Å². The van der Waals surface area contributed by atoms with Gasteiger partial charge >= 0.3 is 6.61 Å². The van der Waals surface area contributed by atoms with E-state index in [0.29, 0.717) is 28.1 Å². The van der Waals surface area contributed by atoms with E-state index in [1.54, 1.807) is 29.8 Å². The van der Waals surface area contributed by atoms with E-state index >= 15 is 0 Å². The maximum Gasteiger partial charge on any atom is 0.387 e. The molecule has 5 rings (SSSR count). The monoisotopic (exact) mass is 572 g/mol. The van der Waals surface area contributed by atoms with Crippen LogP contribution in [0.15, 0.2) is 35.8 Å². The zero-order chi connectivity index (χ0) is 28.2. The fourth-order valence-electron chi connectivity index (χ4n) is 5.16. The van der Waals surface area contributed by atoms with Crippen LogP contribution in [-0.2, 0) is 0 Å². The lowest BCUT2D eigenvalue weighted by molar-refractivity contribution is -0.0493.